The molecule has 0 aliphatic carbocycles. The number of methoxy groups -OCH3 is 1. The van der Waals surface area contributed by atoms with E-state index in [9.17, 15) is 0 Å². The van der Waals surface area contributed by atoms with Gasteiger partial charge in [0.1, 0.15) is 5.75 Å². The van der Waals surface area contributed by atoms with Crippen molar-refractivity contribution in [1.29, 1.82) is 0 Å². The van der Waals surface area contributed by atoms with E-state index >= 15 is 0 Å². The molecular formula is C23H30ClN3O. The van der Waals surface area contributed by atoms with Crippen molar-refractivity contribution in [3.63, 3.8) is 0 Å². The first-order chi connectivity index (χ1) is 13.5. The van der Waals surface area contributed by atoms with Crippen molar-refractivity contribution in [1.82, 2.24) is 9.88 Å². The van der Waals surface area contributed by atoms with E-state index in [2.05, 4.69) is 43.1 Å². The molecule has 150 valence electrons. The average molecular weight is 400 g/mol. The second-order valence-electron chi connectivity index (χ2n) is 7.25. The largest absolute Gasteiger partial charge is 0.497 e. The number of hydrogen-bond donors (Lipinski definition) is 1. The maximum absolute atomic E-state index is 6.22. The molecule has 5 heteroatoms. The normalized spacial score (nSPS) is 12.6. The van der Waals surface area contributed by atoms with E-state index in [0.717, 1.165) is 59.3 Å². The monoisotopic (exact) mass is 399 g/mol. The Labute approximate surface area is 172 Å². The zero-order valence-corrected chi connectivity index (χ0v) is 18.0. The van der Waals surface area contributed by atoms with E-state index in [4.69, 9.17) is 21.3 Å². The number of benzene rings is 2. The van der Waals surface area contributed by atoms with E-state index in [1.165, 1.54) is 6.42 Å². The molecule has 1 aromatic heterocycles. The van der Waals surface area contributed by atoms with Crippen LogP contribution in [-0.2, 0) is 0 Å². The summed E-state index contributed by atoms with van der Waals surface area (Å²) in [7, 11) is 1.69. The highest BCUT2D eigenvalue weighted by atomic mass is 35.5. The zero-order valence-electron chi connectivity index (χ0n) is 17.3. The number of aromatic nitrogens is 1. The number of pyridine rings is 1. The molecule has 0 spiro atoms. The highest BCUT2D eigenvalue weighted by molar-refractivity contribution is 6.31. The van der Waals surface area contributed by atoms with E-state index < -0.39 is 0 Å². The molecule has 0 bridgehead atoms. The van der Waals surface area contributed by atoms with Crippen molar-refractivity contribution in [3.8, 4) is 5.75 Å². The second kappa shape index (κ2) is 9.44. The molecule has 0 saturated heterocycles. The summed E-state index contributed by atoms with van der Waals surface area (Å²) in [5.41, 5.74) is 2.95. The quantitative estimate of drug-likeness (QED) is 0.449. The van der Waals surface area contributed by atoms with Crippen molar-refractivity contribution >= 4 is 39.1 Å². The number of hydrogen-bond acceptors (Lipinski definition) is 4. The number of halogens is 1. The van der Waals surface area contributed by atoms with Crippen LogP contribution in [0.4, 0.5) is 5.69 Å². The summed E-state index contributed by atoms with van der Waals surface area (Å²) in [6.07, 6.45) is 2.28. The molecule has 0 aliphatic heterocycles. The molecule has 0 fully saturated rings. The molecule has 3 rings (SSSR count). The summed E-state index contributed by atoms with van der Waals surface area (Å²) in [4.78, 5) is 7.27. The van der Waals surface area contributed by atoms with Crippen LogP contribution in [0.15, 0.2) is 36.4 Å². The first kappa shape index (κ1) is 20.7. The van der Waals surface area contributed by atoms with Crippen LogP contribution in [0.25, 0.3) is 21.8 Å². The van der Waals surface area contributed by atoms with Gasteiger partial charge in [-0.15, -0.1) is 0 Å². The Morgan fingerprint density at radius 1 is 1.07 bits per heavy atom. The topological polar surface area (TPSA) is 37.4 Å². The van der Waals surface area contributed by atoms with E-state index in [1.54, 1.807) is 7.11 Å². The third-order valence-corrected chi connectivity index (χ3v) is 5.57. The standard InChI is InChI=1S/C23H30ClN3O/c1-5-27(6-2)13-7-8-16(3)25-23-19-11-9-17(24)14-22(19)26-21-12-10-18(28-4)15-20(21)23/h9-12,14-16H,5-8,13H2,1-4H3,(H,25,26)/t16-/m1/s1. The van der Waals surface area contributed by atoms with E-state index in [1.807, 2.05) is 24.3 Å². The molecular weight excluding hydrogens is 370 g/mol. The van der Waals surface area contributed by atoms with Gasteiger partial charge in [-0.1, -0.05) is 25.4 Å². The first-order valence-corrected chi connectivity index (χ1v) is 10.5. The molecule has 3 aromatic rings. The fraction of sp³-hybridized carbons (Fsp3) is 0.435. The van der Waals surface area contributed by atoms with Gasteiger partial charge in [0.15, 0.2) is 0 Å². The van der Waals surface area contributed by atoms with Gasteiger partial charge in [-0.3, -0.25) is 0 Å². The predicted molar refractivity (Wildman–Crippen MR) is 121 cm³/mol. The number of rotatable bonds is 9. The average Bonchev–Trinajstić information content (AvgIpc) is 2.70. The Morgan fingerprint density at radius 3 is 2.57 bits per heavy atom. The third-order valence-electron chi connectivity index (χ3n) is 5.34. The van der Waals surface area contributed by atoms with Gasteiger partial charge in [-0.05, 0) is 75.8 Å². The maximum Gasteiger partial charge on any atom is 0.119 e. The number of fused-ring (bicyclic) bond motifs is 2. The number of nitrogens with one attached hydrogen (secondary N) is 1. The Hall–Kier alpha value is -2.04. The van der Waals surface area contributed by atoms with Crippen molar-refractivity contribution < 1.29 is 4.74 Å². The van der Waals surface area contributed by atoms with Gasteiger partial charge in [-0.25, -0.2) is 4.98 Å². The molecule has 28 heavy (non-hydrogen) atoms. The van der Waals surface area contributed by atoms with Crippen LogP contribution in [-0.4, -0.2) is 42.7 Å². The summed E-state index contributed by atoms with van der Waals surface area (Å²) in [5.74, 6) is 0.833. The lowest BCUT2D eigenvalue weighted by molar-refractivity contribution is 0.295. The van der Waals surface area contributed by atoms with Crippen LogP contribution in [0.2, 0.25) is 5.02 Å². The summed E-state index contributed by atoms with van der Waals surface area (Å²) in [6, 6.07) is 12.3. The smallest absolute Gasteiger partial charge is 0.119 e. The molecule has 0 radical (unpaired) electrons. The van der Waals surface area contributed by atoms with Gasteiger partial charge in [0.2, 0.25) is 0 Å². The van der Waals surface area contributed by atoms with E-state index in [0.29, 0.717) is 11.1 Å². The molecule has 1 N–H and O–H groups in total. The summed E-state index contributed by atoms with van der Waals surface area (Å²) in [6.45, 7) is 10.0. The summed E-state index contributed by atoms with van der Waals surface area (Å²) < 4.78 is 5.45. The second-order valence-corrected chi connectivity index (χ2v) is 7.68. The van der Waals surface area contributed by atoms with Crippen LogP contribution >= 0.6 is 11.6 Å². The van der Waals surface area contributed by atoms with Gasteiger partial charge < -0.3 is 15.0 Å². The molecule has 0 amide bonds. The van der Waals surface area contributed by atoms with Crippen molar-refractivity contribution in [2.45, 2.75) is 39.7 Å². The highest BCUT2D eigenvalue weighted by Gasteiger charge is 2.13. The number of anilines is 1. The first-order valence-electron chi connectivity index (χ1n) is 10.1. The Bertz CT molecular complexity index is 940. The zero-order chi connectivity index (χ0) is 20.1. The molecule has 2 aromatic carbocycles. The number of ether oxygens (including phenoxy) is 1. The Morgan fingerprint density at radius 2 is 1.86 bits per heavy atom. The molecule has 1 heterocycles. The van der Waals surface area contributed by atoms with Gasteiger partial charge >= 0.3 is 0 Å². The predicted octanol–water partition coefficient (Wildman–Crippen LogP) is 5.97. The van der Waals surface area contributed by atoms with Crippen LogP contribution in [0.5, 0.6) is 5.75 Å². The van der Waals surface area contributed by atoms with Gasteiger partial charge in [0, 0.05) is 21.8 Å². The minimum Gasteiger partial charge on any atom is -0.497 e. The minimum atomic E-state index is 0.353. The van der Waals surface area contributed by atoms with Crippen molar-refractivity contribution in [2.24, 2.45) is 0 Å². The lowest BCUT2D eigenvalue weighted by atomic mass is 10.1. The lowest BCUT2D eigenvalue weighted by Gasteiger charge is -2.22. The van der Waals surface area contributed by atoms with Crippen LogP contribution in [0.1, 0.15) is 33.6 Å². The SMILES string of the molecule is CCN(CC)CCC[C@@H](C)Nc1c2ccc(Cl)cc2nc2ccc(OC)cc12. The molecule has 0 aliphatic rings. The molecule has 0 unspecified atom stereocenters. The number of nitrogens with zero attached hydrogens (tertiary/aromatic N) is 2. The third kappa shape index (κ3) is 4.68. The summed E-state index contributed by atoms with van der Waals surface area (Å²) in [5, 5.41) is 6.61. The van der Waals surface area contributed by atoms with Gasteiger partial charge in [-0.2, -0.15) is 0 Å². The molecule has 4 nitrogen and oxygen atoms in total. The Kier molecular flexibility index (Phi) is 6.97. The van der Waals surface area contributed by atoms with Crippen molar-refractivity contribution in [3.05, 3.63) is 41.4 Å². The maximum atomic E-state index is 6.22. The van der Waals surface area contributed by atoms with Crippen LogP contribution in [0.3, 0.4) is 0 Å². The lowest BCUT2D eigenvalue weighted by Crippen LogP contribution is -2.25. The molecule has 0 saturated carbocycles. The minimum absolute atomic E-state index is 0.353. The van der Waals surface area contributed by atoms with Crippen LogP contribution < -0.4 is 10.1 Å². The fourth-order valence-electron chi connectivity index (χ4n) is 3.66. The fourth-order valence-corrected chi connectivity index (χ4v) is 3.82. The van der Waals surface area contributed by atoms with Gasteiger partial charge in [0.05, 0.1) is 23.8 Å². The van der Waals surface area contributed by atoms with Crippen LogP contribution in [0, 0.1) is 0 Å². The van der Waals surface area contributed by atoms with Gasteiger partial charge in [0.25, 0.3) is 0 Å². The molecule has 1 atom stereocenters. The van der Waals surface area contributed by atoms with E-state index in [-0.39, 0.29) is 0 Å². The summed E-state index contributed by atoms with van der Waals surface area (Å²) >= 11 is 6.22. The Balaban J connectivity index is 1.92. The highest BCUT2D eigenvalue weighted by Crippen LogP contribution is 2.34. The van der Waals surface area contributed by atoms with Crippen molar-refractivity contribution in [2.75, 3.05) is 32.1 Å².